The normalized spacial score (nSPS) is 11.1. The second-order valence-corrected chi connectivity index (χ2v) is 8.11. The molecule has 174 valence electrons. The van der Waals surface area contributed by atoms with Gasteiger partial charge in [0.25, 0.3) is 5.56 Å². The van der Waals surface area contributed by atoms with Crippen molar-refractivity contribution in [3.05, 3.63) is 122 Å². The first-order valence-corrected chi connectivity index (χ1v) is 10.9. The number of carbonyl (C=O) groups is 1. The van der Waals surface area contributed by atoms with Gasteiger partial charge in [0.2, 0.25) is 0 Å². The number of furan rings is 1. The molecule has 0 aliphatic heterocycles. The summed E-state index contributed by atoms with van der Waals surface area (Å²) in [5.74, 6) is 0.112. The minimum absolute atomic E-state index is 0.0709. The molecule has 2 aromatic carbocycles. The van der Waals surface area contributed by atoms with Gasteiger partial charge in [0, 0.05) is 13.6 Å². The smallest absolute Gasteiger partial charge is 0.332 e. The summed E-state index contributed by atoms with van der Waals surface area (Å²) < 4.78 is 7.66. The fourth-order valence-electron chi connectivity index (χ4n) is 3.88. The van der Waals surface area contributed by atoms with Gasteiger partial charge in [-0.25, -0.2) is 4.79 Å². The SMILES string of the molecule is Cn1c(=O)c(C(=O)CN(Cc2ccccc2)Cc2ccco2)c(N)n(Cc2ccccc2)c1=O. The molecule has 0 radical (unpaired) electrons. The molecule has 34 heavy (non-hydrogen) atoms. The molecule has 0 fully saturated rings. The van der Waals surface area contributed by atoms with Crippen molar-refractivity contribution in [1.82, 2.24) is 14.0 Å². The highest BCUT2D eigenvalue weighted by Gasteiger charge is 2.24. The summed E-state index contributed by atoms with van der Waals surface area (Å²) in [5.41, 5.74) is 6.65. The van der Waals surface area contributed by atoms with Crippen molar-refractivity contribution in [3.8, 4) is 0 Å². The van der Waals surface area contributed by atoms with Gasteiger partial charge in [-0.1, -0.05) is 60.7 Å². The maximum absolute atomic E-state index is 13.4. The third-order valence-corrected chi connectivity index (χ3v) is 5.62. The fourth-order valence-corrected chi connectivity index (χ4v) is 3.88. The number of hydrogen-bond acceptors (Lipinski definition) is 6. The number of Topliss-reactive ketones (excluding diaryl/α,β-unsaturated/α-hetero) is 1. The summed E-state index contributed by atoms with van der Waals surface area (Å²) in [7, 11) is 1.35. The van der Waals surface area contributed by atoms with Crippen molar-refractivity contribution < 1.29 is 9.21 Å². The number of ketones is 1. The Kier molecular flexibility index (Phi) is 6.89. The van der Waals surface area contributed by atoms with E-state index in [2.05, 4.69) is 0 Å². The molecule has 4 aromatic rings. The largest absolute Gasteiger partial charge is 0.468 e. The van der Waals surface area contributed by atoms with E-state index in [9.17, 15) is 14.4 Å². The van der Waals surface area contributed by atoms with Crippen LogP contribution in [0, 0.1) is 0 Å². The maximum Gasteiger partial charge on any atom is 0.332 e. The van der Waals surface area contributed by atoms with Crippen LogP contribution in [0.1, 0.15) is 27.2 Å². The van der Waals surface area contributed by atoms with Gasteiger partial charge < -0.3 is 10.2 Å². The third kappa shape index (κ3) is 5.07. The number of aromatic nitrogens is 2. The highest BCUT2D eigenvalue weighted by atomic mass is 16.3. The molecule has 2 heterocycles. The van der Waals surface area contributed by atoms with Gasteiger partial charge in [0.1, 0.15) is 17.1 Å². The van der Waals surface area contributed by atoms with E-state index in [0.29, 0.717) is 18.8 Å². The zero-order chi connectivity index (χ0) is 24.1. The minimum atomic E-state index is -0.700. The molecular weight excluding hydrogens is 432 g/mol. The summed E-state index contributed by atoms with van der Waals surface area (Å²) in [6.07, 6.45) is 1.57. The minimum Gasteiger partial charge on any atom is -0.468 e. The second-order valence-electron chi connectivity index (χ2n) is 8.11. The monoisotopic (exact) mass is 458 g/mol. The third-order valence-electron chi connectivity index (χ3n) is 5.62. The van der Waals surface area contributed by atoms with Crippen molar-refractivity contribution in [3.63, 3.8) is 0 Å². The summed E-state index contributed by atoms with van der Waals surface area (Å²) >= 11 is 0. The molecule has 0 amide bonds. The van der Waals surface area contributed by atoms with Crippen LogP contribution >= 0.6 is 0 Å². The van der Waals surface area contributed by atoms with Crippen LogP contribution in [-0.4, -0.2) is 26.4 Å². The number of carbonyl (C=O) groups excluding carboxylic acids is 1. The van der Waals surface area contributed by atoms with Crippen molar-refractivity contribution in [2.24, 2.45) is 7.05 Å². The van der Waals surface area contributed by atoms with Crippen LogP contribution in [0.15, 0.2) is 93.1 Å². The van der Waals surface area contributed by atoms with Crippen LogP contribution < -0.4 is 17.0 Å². The van der Waals surface area contributed by atoms with E-state index in [-0.39, 0.29) is 24.5 Å². The molecule has 4 rings (SSSR count). The Morgan fingerprint density at radius 1 is 0.912 bits per heavy atom. The molecule has 8 nitrogen and oxygen atoms in total. The maximum atomic E-state index is 13.4. The topological polar surface area (TPSA) is 103 Å². The van der Waals surface area contributed by atoms with Crippen LogP contribution in [-0.2, 0) is 26.7 Å². The van der Waals surface area contributed by atoms with Crippen LogP contribution in [0.4, 0.5) is 5.82 Å². The summed E-state index contributed by atoms with van der Waals surface area (Å²) in [5, 5.41) is 0. The average Bonchev–Trinajstić information content (AvgIpc) is 3.35. The van der Waals surface area contributed by atoms with Crippen molar-refractivity contribution in [2.75, 3.05) is 12.3 Å². The standard InChI is InChI=1S/C26H26N4O4/c1-28-25(32)23(24(27)30(26(28)33)16-20-11-6-3-7-12-20)22(31)18-29(17-21-13-8-14-34-21)15-19-9-4-2-5-10-19/h2-14H,15-18,27H2,1H3. The van der Waals surface area contributed by atoms with Crippen LogP contribution in [0.2, 0.25) is 0 Å². The predicted octanol–water partition coefficient (Wildman–Crippen LogP) is 2.66. The van der Waals surface area contributed by atoms with Gasteiger partial charge in [0.05, 0.1) is 25.9 Å². The molecule has 0 aliphatic rings. The van der Waals surface area contributed by atoms with Crippen molar-refractivity contribution in [1.29, 1.82) is 0 Å². The number of nitrogen functional groups attached to an aromatic ring is 1. The molecule has 0 saturated carbocycles. The molecule has 2 N–H and O–H groups in total. The molecule has 0 bridgehead atoms. The lowest BCUT2D eigenvalue weighted by Crippen LogP contribution is -2.44. The lowest BCUT2D eigenvalue weighted by atomic mass is 10.1. The second kappa shape index (κ2) is 10.2. The van der Waals surface area contributed by atoms with Gasteiger partial charge in [-0.3, -0.25) is 23.6 Å². The molecule has 0 unspecified atom stereocenters. The van der Waals surface area contributed by atoms with Gasteiger partial charge in [-0.15, -0.1) is 0 Å². The van der Waals surface area contributed by atoms with Gasteiger partial charge >= 0.3 is 5.69 Å². The van der Waals surface area contributed by atoms with E-state index in [4.69, 9.17) is 10.2 Å². The van der Waals surface area contributed by atoms with E-state index >= 15 is 0 Å². The van der Waals surface area contributed by atoms with Crippen molar-refractivity contribution in [2.45, 2.75) is 19.6 Å². The number of nitrogens with zero attached hydrogens (tertiary/aromatic N) is 3. The van der Waals surface area contributed by atoms with E-state index in [1.54, 1.807) is 12.3 Å². The Hall–Kier alpha value is -4.17. The molecular formula is C26H26N4O4. The Labute approximate surface area is 196 Å². The number of anilines is 1. The van der Waals surface area contributed by atoms with E-state index in [0.717, 1.165) is 15.7 Å². The molecule has 0 atom stereocenters. The van der Waals surface area contributed by atoms with E-state index in [1.165, 1.54) is 11.6 Å². The molecule has 0 spiro atoms. The van der Waals surface area contributed by atoms with Crippen LogP contribution in [0.25, 0.3) is 0 Å². The highest BCUT2D eigenvalue weighted by Crippen LogP contribution is 2.14. The molecule has 8 heteroatoms. The van der Waals surface area contributed by atoms with Crippen LogP contribution in [0.3, 0.4) is 0 Å². The fraction of sp³-hybridized carbons (Fsp3) is 0.192. The summed E-state index contributed by atoms with van der Waals surface area (Å²) in [6.45, 7) is 0.924. The number of hydrogen-bond donors (Lipinski definition) is 1. The molecule has 0 aliphatic carbocycles. The Balaban J connectivity index is 1.67. The number of nitrogens with two attached hydrogens (primary N) is 1. The van der Waals surface area contributed by atoms with Crippen LogP contribution in [0.5, 0.6) is 0 Å². The molecule has 2 aromatic heterocycles. The zero-order valence-electron chi connectivity index (χ0n) is 18.9. The lowest BCUT2D eigenvalue weighted by molar-refractivity contribution is 0.0912. The zero-order valence-corrected chi connectivity index (χ0v) is 18.9. The van der Waals surface area contributed by atoms with Gasteiger partial charge in [0.15, 0.2) is 5.78 Å². The summed E-state index contributed by atoms with van der Waals surface area (Å²) in [6, 6.07) is 22.6. The predicted molar refractivity (Wildman–Crippen MR) is 129 cm³/mol. The Morgan fingerprint density at radius 2 is 1.56 bits per heavy atom. The van der Waals surface area contributed by atoms with Gasteiger partial charge in [-0.05, 0) is 23.3 Å². The Bertz CT molecular complexity index is 1370. The molecule has 0 saturated heterocycles. The first kappa shape index (κ1) is 23.0. The highest BCUT2D eigenvalue weighted by molar-refractivity contribution is 6.01. The van der Waals surface area contributed by atoms with Crippen molar-refractivity contribution >= 4 is 11.6 Å². The Morgan fingerprint density at radius 3 is 2.18 bits per heavy atom. The quantitative estimate of drug-likeness (QED) is 0.387. The number of rotatable bonds is 9. The van der Waals surface area contributed by atoms with Gasteiger partial charge in [-0.2, -0.15) is 0 Å². The lowest BCUT2D eigenvalue weighted by Gasteiger charge is -2.21. The number of benzene rings is 2. The first-order valence-electron chi connectivity index (χ1n) is 10.9. The van der Waals surface area contributed by atoms with E-state index in [1.807, 2.05) is 71.6 Å². The summed E-state index contributed by atoms with van der Waals surface area (Å²) in [4.78, 5) is 41.0. The van der Waals surface area contributed by atoms with E-state index < -0.39 is 17.0 Å². The first-order chi connectivity index (χ1) is 16.4. The average molecular weight is 459 g/mol.